The Kier molecular flexibility index (Phi) is 5.81. The van der Waals surface area contributed by atoms with E-state index in [0.29, 0.717) is 11.6 Å². The third kappa shape index (κ3) is 4.48. The topological polar surface area (TPSA) is 61.4 Å². The molecule has 0 aliphatic rings. The van der Waals surface area contributed by atoms with Gasteiger partial charge in [-0.05, 0) is 35.7 Å². The van der Waals surface area contributed by atoms with Crippen LogP contribution >= 0.6 is 11.6 Å². The normalized spacial score (nSPS) is 11.8. The Morgan fingerprint density at radius 1 is 1.18 bits per heavy atom. The van der Waals surface area contributed by atoms with Crippen molar-refractivity contribution in [2.24, 2.45) is 0 Å². The molecule has 0 aliphatic carbocycles. The standard InChI is InChI=1S/C17H19ClN2O2/c1-12(11-21)20-17(22)19-10-14-4-2-3-5-16(14)13-6-8-15(18)9-7-13/h2-9,12,21H,10-11H2,1H3,(H2,19,20,22). The highest BCUT2D eigenvalue weighted by Gasteiger charge is 2.08. The van der Waals surface area contributed by atoms with Gasteiger partial charge in [0, 0.05) is 11.6 Å². The van der Waals surface area contributed by atoms with Crippen LogP contribution in [-0.2, 0) is 6.54 Å². The van der Waals surface area contributed by atoms with Crippen molar-refractivity contribution < 1.29 is 9.90 Å². The number of nitrogens with one attached hydrogen (secondary N) is 2. The summed E-state index contributed by atoms with van der Waals surface area (Å²) in [5.41, 5.74) is 3.11. The highest BCUT2D eigenvalue weighted by atomic mass is 35.5. The Bertz CT molecular complexity index is 629. The van der Waals surface area contributed by atoms with E-state index >= 15 is 0 Å². The minimum absolute atomic E-state index is 0.0885. The van der Waals surface area contributed by atoms with E-state index in [0.717, 1.165) is 16.7 Å². The molecule has 0 saturated carbocycles. The van der Waals surface area contributed by atoms with Crippen LogP contribution in [-0.4, -0.2) is 23.8 Å². The molecule has 2 amide bonds. The predicted octanol–water partition coefficient (Wildman–Crippen LogP) is 3.19. The third-order valence-corrected chi connectivity index (χ3v) is 3.52. The number of rotatable bonds is 5. The number of carbonyl (C=O) groups is 1. The molecule has 4 nitrogen and oxygen atoms in total. The Labute approximate surface area is 135 Å². The zero-order valence-electron chi connectivity index (χ0n) is 12.3. The van der Waals surface area contributed by atoms with Crippen LogP contribution in [0.25, 0.3) is 11.1 Å². The Hall–Kier alpha value is -2.04. The zero-order chi connectivity index (χ0) is 15.9. The summed E-state index contributed by atoms with van der Waals surface area (Å²) in [5.74, 6) is 0. The van der Waals surface area contributed by atoms with Crippen molar-refractivity contribution in [2.45, 2.75) is 19.5 Å². The predicted molar refractivity (Wildman–Crippen MR) is 88.8 cm³/mol. The molecule has 1 unspecified atom stereocenters. The minimum Gasteiger partial charge on any atom is -0.394 e. The average Bonchev–Trinajstić information content (AvgIpc) is 2.54. The molecule has 2 aromatic carbocycles. The van der Waals surface area contributed by atoms with Gasteiger partial charge in [-0.2, -0.15) is 0 Å². The molecule has 0 fully saturated rings. The van der Waals surface area contributed by atoms with Crippen LogP contribution in [0.3, 0.4) is 0 Å². The smallest absolute Gasteiger partial charge is 0.315 e. The summed E-state index contributed by atoms with van der Waals surface area (Å²) in [7, 11) is 0. The van der Waals surface area contributed by atoms with Gasteiger partial charge in [-0.15, -0.1) is 0 Å². The van der Waals surface area contributed by atoms with Crippen LogP contribution in [0.5, 0.6) is 0 Å². The highest BCUT2D eigenvalue weighted by Crippen LogP contribution is 2.25. The van der Waals surface area contributed by atoms with Crippen molar-refractivity contribution in [3.63, 3.8) is 0 Å². The summed E-state index contributed by atoms with van der Waals surface area (Å²) >= 11 is 5.92. The van der Waals surface area contributed by atoms with E-state index in [9.17, 15) is 4.79 Å². The lowest BCUT2D eigenvalue weighted by Gasteiger charge is -2.14. The van der Waals surface area contributed by atoms with Crippen LogP contribution in [0.1, 0.15) is 12.5 Å². The van der Waals surface area contributed by atoms with Gasteiger partial charge < -0.3 is 15.7 Å². The Morgan fingerprint density at radius 3 is 2.55 bits per heavy atom. The van der Waals surface area contributed by atoms with Crippen molar-refractivity contribution in [2.75, 3.05) is 6.61 Å². The highest BCUT2D eigenvalue weighted by molar-refractivity contribution is 6.30. The fourth-order valence-corrected chi connectivity index (χ4v) is 2.21. The van der Waals surface area contributed by atoms with Gasteiger partial charge in [-0.3, -0.25) is 0 Å². The minimum atomic E-state index is -0.299. The summed E-state index contributed by atoms with van der Waals surface area (Å²) in [6.45, 7) is 2.05. The molecule has 0 radical (unpaired) electrons. The van der Waals surface area contributed by atoms with E-state index < -0.39 is 0 Å². The maximum atomic E-state index is 11.7. The second-order valence-corrected chi connectivity index (χ2v) is 5.51. The van der Waals surface area contributed by atoms with Gasteiger partial charge in [0.2, 0.25) is 0 Å². The largest absolute Gasteiger partial charge is 0.394 e. The number of hydrogen-bond acceptors (Lipinski definition) is 2. The van der Waals surface area contributed by atoms with E-state index in [1.165, 1.54) is 0 Å². The van der Waals surface area contributed by atoms with E-state index in [4.69, 9.17) is 16.7 Å². The number of halogens is 1. The first kappa shape index (κ1) is 16.3. The van der Waals surface area contributed by atoms with E-state index in [2.05, 4.69) is 10.6 Å². The van der Waals surface area contributed by atoms with Gasteiger partial charge in [0.1, 0.15) is 0 Å². The van der Waals surface area contributed by atoms with Gasteiger partial charge >= 0.3 is 6.03 Å². The molecular formula is C17H19ClN2O2. The number of aliphatic hydroxyl groups excluding tert-OH is 1. The number of hydrogen-bond donors (Lipinski definition) is 3. The van der Waals surface area contributed by atoms with Crippen molar-refractivity contribution in [3.05, 3.63) is 59.1 Å². The molecule has 0 aliphatic heterocycles. The van der Waals surface area contributed by atoms with E-state index in [-0.39, 0.29) is 18.7 Å². The molecule has 116 valence electrons. The molecule has 3 N–H and O–H groups in total. The van der Waals surface area contributed by atoms with E-state index in [1.807, 2.05) is 48.5 Å². The fraction of sp³-hybridized carbons (Fsp3) is 0.235. The van der Waals surface area contributed by atoms with Crippen molar-refractivity contribution >= 4 is 17.6 Å². The van der Waals surface area contributed by atoms with Gasteiger partial charge in [0.05, 0.1) is 12.6 Å². The Balaban J connectivity index is 2.09. The quantitative estimate of drug-likeness (QED) is 0.793. The van der Waals surface area contributed by atoms with Gasteiger partial charge in [-0.25, -0.2) is 4.79 Å². The zero-order valence-corrected chi connectivity index (χ0v) is 13.1. The third-order valence-electron chi connectivity index (χ3n) is 3.26. The average molecular weight is 319 g/mol. The Morgan fingerprint density at radius 2 is 1.86 bits per heavy atom. The van der Waals surface area contributed by atoms with Crippen LogP contribution < -0.4 is 10.6 Å². The van der Waals surface area contributed by atoms with Gasteiger partial charge in [-0.1, -0.05) is 48.0 Å². The molecule has 2 rings (SSSR count). The molecule has 0 aromatic heterocycles. The molecule has 0 bridgehead atoms. The van der Waals surface area contributed by atoms with Crippen molar-refractivity contribution in [1.82, 2.24) is 10.6 Å². The second kappa shape index (κ2) is 7.82. The maximum Gasteiger partial charge on any atom is 0.315 e. The first-order valence-electron chi connectivity index (χ1n) is 7.09. The summed E-state index contributed by atoms with van der Waals surface area (Å²) in [6.07, 6.45) is 0. The summed E-state index contributed by atoms with van der Waals surface area (Å²) in [5, 5.41) is 15.1. The van der Waals surface area contributed by atoms with Crippen LogP contribution in [0, 0.1) is 0 Å². The SMILES string of the molecule is CC(CO)NC(=O)NCc1ccccc1-c1ccc(Cl)cc1. The van der Waals surface area contributed by atoms with Crippen LogP contribution in [0.15, 0.2) is 48.5 Å². The summed E-state index contributed by atoms with van der Waals surface area (Å²) in [4.78, 5) is 11.7. The fourth-order valence-electron chi connectivity index (χ4n) is 2.08. The number of urea groups is 1. The monoisotopic (exact) mass is 318 g/mol. The van der Waals surface area contributed by atoms with Gasteiger partial charge in [0.15, 0.2) is 0 Å². The van der Waals surface area contributed by atoms with E-state index in [1.54, 1.807) is 6.92 Å². The maximum absolute atomic E-state index is 11.7. The summed E-state index contributed by atoms with van der Waals surface area (Å²) < 4.78 is 0. The first-order valence-corrected chi connectivity index (χ1v) is 7.47. The lowest BCUT2D eigenvalue weighted by Crippen LogP contribution is -2.42. The van der Waals surface area contributed by atoms with Crippen LogP contribution in [0.4, 0.5) is 4.79 Å². The molecular weight excluding hydrogens is 300 g/mol. The molecule has 22 heavy (non-hydrogen) atoms. The number of aliphatic hydroxyl groups is 1. The van der Waals surface area contributed by atoms with Gasteiger partial charge in [0.25, 0.3) is 0 Å². The molecule has 5 heteroatoms. The van der Waals surface area contributed by atoms with Crippen LogP contribution in [0.2, 0.25) is 5.02 Å². The number of benzene rings is 2. The molecule has 1 atom stereocenters. The lowest BCUT2D eigenvalue weighted by atomic mass is 10.00. The summed E-state index contributed by atoms with van der Waals surface area (Å²) in [6, 6.07) is 14.9. The number of carbonyl (C=O) groups excluding carboxylic acids is 1. The second-order valence-electron chi connectivity index (χ2n) is 5.07. The first-order chi connectivity index (χ1) is 10.6. The molecule has 2 aromatic rings. The molecule has 0 heterocycles. The number of amides is 2. The molecule has 0 saturated heterocycles. The van der Waals surface area contributed by atoms with Crippen molar-refractivity contribution in [1.29, 1.82) is 0 Å². The lowest BCUT2D eigenvalue weighted by molar-refractivity contribution is 0.220. The molecule has 0 spiro atoms. The van der Waals surface area contributed by atoms with Crippen molar-refractivity contribution in [3.8, 4) is 11.1 Å².